The number of aryl methyl sites for hydroxylation is 1. The van der Waals surface area contributed by atoms with Gasteiger partial charge in [0.2, 0.25) is 0 Å². The molecule has 0 spiro atoms. The van der Waals surface area contributed by atoms with E-state index < -0.39 is 12.4 Å². The molecular formula is C27H21F3N6O2S. The standard InChI is InChI=1S/C27H21F3N6O2S/c1-2-17-5-3-4-6-22(17)23-25(39-16-32-23)34-26(37)33-19-9-7-18(8-10-19)24-31-15-36(35-24)20-11-13-21(14-12-20)38-27(28,29)30/h3-16H,2H2,1H3,(H2,33,34,37). The van der Waals surface area contributed by atoms with E-state index in [1.54, 1.807) is 29.8 Å². The number of ether oxygens (including phenoxy) is 1. The third-order valence-electron chi connectivity index (χ3n) is 5.68. The maximum atomic E-state index is 12.7. The molecule has 0 fully saturated rings. The molecule has 12 heteroatoms. The molecule has 198 valence electrons. The van der Waals surface area contributed by atoms with Crippen LogP contribution in [-0.2, 0) is 6.42 Å². The number of halogens is 3. The fourth-order valence-electron chi connectivity index (χ4n) is 3.87. The Bertz CT molecular complexity index is 1580. The van der Waals surface area contributed by atoms with Crippen molar-refractivity contribution in [2.45, 2.75) is 19.7 Å². The molecule has 2 heterocycles. The van der Waals surface area contributed by atoms with E-state index in [4.69, 9.17) is 0 Å². The number of hydrogen-bond acceptors (Lipinski definition) is 6. The highest BCUT2D eigenvalue weighted by Crippen LogP contribution is 2.33. The van der Waals surface area contributed by atoms with E-state index >= 15 is 0 Å². The summed E-state index contributed by atoms with van der Waals surface area (Å²) in [5.41, 5.74) is 6.33. The lowest BCUT2D eigenvalue weighted by molar-refractivity contribution is -0.274. The van der Waals surface area contributed by atoms with E-state index in [9.17, 15) is 18.0 Å². The van der Waals surface area contributed by atoms with Crippen molar-refractivity contribution in [2.75, 3.05) is 10.6 Å². The molecule has 0 bridgehead atoms. The van der Waals surface area contributed by atoms with Crippen molar-refractivity contribution in [3.05, 3.63) is 90.2 Å². The topological polar surface area (TPSA) is 94.0 Å². The summed E-state index contributed by atoms with van der Waals surface area (Å²) in [6, 6.07) is 19.8. The molecule has 0 saturated heterocycles. The van der Waals surface area contributed by atoms with Crippen LogP contribution in [0, 0.1) is 0 Å². The number of carbonyl (C=O) groups is 1. The minimum Gasteiger partial charge on any atom is -0.406 e. The van der Waals surface area contributed by atoms with Gasteiger partial charge in [-0.25, -0.2) is 19.4 Å². The zero-order valence-corrected chi connectivity index (χ0v) is 21.3. The third-order valence-corrected chi connectivity index (χ3v) is 6.42. The van der Waals surface area contributed by atoms with Gasteiger partial charge in [0.1, 0.15) is 22.8 Å². The van der Waals surface area contributed by atoms with Gasteiger partial charge in [-0.15, -0.1) is 29.6 Å². The molecule has 39 heavy (non-hydrogen) atoms. The van der Waals surface area contributed by atoms with Crippen molar-refractivity contribution >= 4 is 28.1 Å². The van der Waals surface area contributed by atoms with Gasteiger partial charge in [0.05, 0.1) is 11.2 Å². The SMILES string of the molecule is CCc1ccccc1-c1ncsc1NC(=O)Nc1ccc(-c2ncn(-c3ccc(OC(F)(F)F)cc3)n2)cc1. The highest BCUT2D eigenvalue weighted by molar-refractivity contribution is 7.14. The van der Waals surface area contributed by atoms with Gasteiger partial charge < -0.3 is 10.1 Å². The first-order chi connectivity index (χ1) is 18.8. The lowest BCUT2D eigenvalue weighted by atomic mass is 10.0. The van der Waals surface area contributed by atoms with Gasteiger partial charge in [-0.05, 0) is 60.5 Å². The first kappa shape index (κ1) is 25.9. The summed E-state index contributed by atoms with van der Waals surface area (Å²) in [5, 5.41) is 10.7. The van der Waals surface area contributed by atoms with Crippen LogP contribution in [-0.4, -0.2) is 32.1 Å². The van der Waals surface area contributed by atoms with Gasteiger partial charge in [-0.2, -0.15) is 0 Å². The minimum absolute atomic E-state index is 0.323. The van der Waals surface area contributed by atoms with E-state index in [1.807, 2.05) is 24.3 Å². The maximum Gasteiger partial charge on any atom is 0.573 e. The predicted octanol–water partition coefficient (Wildman–Crippen LogP) is 7.16. The predicted molar refractivity (Wildman–Crippen MR) is 143 cm³/mol. The highest BCUT2D eigenvalue weighted by atomic mass is 32.1. The second-order valence-electron chi connectivity index (χ2n) is 8.25. The normalized spacial score (nSPS) is 11.3. The van der Waals surface area contributed by atoms with Crippen LogP contribution in [0.5, 0.6) is 5.75 Å². The summed E-state index contributed by atoms with van der Waals surface area (Å²) in [6.07, 6.45) is -2.45. The lowest BCUT2D eigenvalue weighted by Gasteiger charge is -2.10. The van der Waals surface area contributed by atoms with Gasteiger partial charge in [0, 0.05) is 16.8 Å². The van der Waals surface area contributed by atoms with Gasteiger partial charge in [0.25, 0.3) is 0 Å². The number of carbonyl (C=O) groups excluding carboxylic acids is 1. The van der Waals surface area contributed by atoms with Gasteiger partial charge in [0.15, 0.2) is 5.82 Å². The van der Waals surface area contributed by atoms with Crippen LogP contribution in [0.1, 0.15) is 12.5 Å². The molecule has 5 aromatic rings. The summed E-state index contributed by atoms with van der Waals surface area (Å²) < 4.78 is 42.4. The Morgan fingerprint density at radius 2 is 1.72 bits per heavy atom. The minimum atomic E-state index is -4.76. The first-order valence-electron chi connectivity index (χ1n) is 11.8. The highest BCUT2D eigenvalue weighted by Gasteiger charge is 2.31. The van der Waals surface area contributed by atoms with Crippen LogP contribution < -0.4 is 15.4 Å². The van der Waals surface area contributed by atoms with Crippen molar-refractivity contribution in [3.8, 4) is 34.1 Å². The summed E-state index contributed by atoms with van der Waals surface area (Å²) in [7, 11) is 0. The summed E-state index contributed by atoms with van der Waals surface area (Å²) in [5.74, 6) is 0.0848. The van der Waals surface area contributed by atoms with Gasteiger partial charge in [-0.3, -0.25) is 5.32 Å². The molecule has 0 saturated carbocycles. The number of alkyl halides is 3. The average molecular weight is 551 g/mol. The largest absolute Gasteiger partial charge is 0.573 e. The molecule has 2 N–H and O–H groups in total. The second-order valence-corrected chi connectivity index (χ2v) is 9.11. The van der Waals surface area contributed by atoms with E-state index in [0.717, 1.165) is 23.2 Å². The van der Waals surface area contributed by atoms with Crippen LogP contribution in [0.2, 0.25) is 0 Å². The first-order valence-corrected chi connectivity index (χ1v) is 12.6. The average Bonchev–Trinajstić information content (AvgIpc) is 3.59. The van der Waals surface area contributed by atoms with E-state index in [0.29, 0.717) is 27.8 Å². The smallest absolute Gasteiger partial charge is 0.406 e. The number of benzene rings is 3. The van der Waals surface area contributed by atoms with Crippen LogP contribution in [0.25, 0.3) is 28.3 Å². The van der Waals surface area contributed by atoms with Crippen LogP contribution in [0.15, 0.2) is 84.6 Å². The Morgan fingerprint density at radius 3 is 2.44 bits per heavy atom. The lowest BCUT2D eigenvalue weighted by Crippen LogP contribution is -2.19. The third kappa shape index (κ3) is 6.24. The molecule has 3 aromatic carbocycles. The van der Waals surface area contributed by atoms with Crippen LogP contribution in [0.4, 0.5) is 28.7 Å². The number of amides is 2. The van der Waals surface area contributed by atoms with E-state index in [-0.39, 0.29) is 5.75 Å². The summed E-state index contributed by atoms with van der Waals surface area (Å²) in [6.45, 7) is 2.07. The number of hydrogen-bond donors (Lipinski definition) is 2. The van der Waals surface area contributed by atoms with E-state index in [2.05, 4.69) is 37.4 Å². The van der Waals surface area contributed by atoms with Gasteiger partial charge >= 0.3 is 12.4 Å². The molecule has 5 rings (SSSR count). The molecule has 2 aromatic heterocycles. The molecule has 0 aliphatic heterocycles. The van der Waals surface area contributed by atoms with Crippen molar-refractivity contribution < 1.29 is 22.7 Å². The number of rotatable bonds is 7. The van der Waals surface area contributed by atoms with E-state index in [1.165, 1.54) is 46.6 Å². The summed E-state index contributed by atoms with van der Waals surface area (Å²) >= 11 is 1.35. The number of nitrogens with zero attached hydrogens (tertiary/aromatic N) is 4. The van der Waals surface area contributed by atoms with Crippen molar-refractivity contribution in [1.29, 1.82) is 0 Å². The fourth-order valence-corrected chi connectivity index (χ4v) is 4.56. The molecule has 0 aliphatic carbocycles. The molecule has 2 amide bonds. The molecule has 0 radical (unpaired) electrons. The molecule has 0 atom stereocenters. The van der Waals surface area contributed by atoms with Crippen molar-refractivity contribution in [3.63, 3.8) is 0 Å². The number of thiazole rings is 1. The molecule has 0 unspecified atom stereocenters. The maximum absolute atomic E-state index is 12.7. The van der Waals surface area contributed by atoms with Gasteiger partial charge in [-0.1, -0.05) is 31.2 Å². The van der Waals surface area contributed by atoms with Crippen LogP contribution >= 0.6 is 11.3 Å². The van der Waals surface area contributed by atoms with Crippen LogP contribution in [0.3, 0.4) is 0 Å². The second kappa shape index (κ2) is 11.0. The zero-order chi connectivity index (χ0) is 27.4. The number of aromatic nitrogens is 4. The Labute approximate surface area is 225 Å². The van der Waals surface area contributed by atoms with Crippen molar-refractivity contribution in [2.24, 2.45) is 0 Å². The number of urea groups is 1. The Hall–Kier alpha value is -4.71. The monoisotopic (exact) mass is 550 g/mol. The van der Waals surface area contributed by atoms with Crippen molar-refractivity contribution in [1.82, 2.24) is 19.7 Å². The zero-order valence-electron chi connectivity index (χ0n) is 20.4. The fraction of sp³-hybridized carbons (Fsp3) is 0.111. The number of nitrogens with one attached hydrogen (secondary N) is 2. The summed E-state index contributed by atoms with van der Waals surface area (Å²) in [4.78, 5) is 21.4. The molecule has 8 nitrogen and oxygen atoms in total. The Kier molecular flexibility index (Phi) is 7.28. The quantitative estimate of drug-likeness (QED) is 0.224. The molecular weight excluding hydrogens is 529 g/mol. The number of anilines is 2. The molecule has 0 aliphatic rings. The Morgan fingerprint density at radius 1 is 0.974 bits per heavy atom. The Balaban J connectivity index is 1.23.